The van der Waals surface area contributed by atoms with Crippen molar-refractivity contribution in [3.8, 4) is 0 Å². The third-order valence-electron chi connectivity index (χ3n) is 3.64. The predicted molar refractivity (Wildman–Crippen MR) is 102 cm³/mol. The number of hydrogen-bond acceptors (Lipinski definition) is 5. The highest BCUT2D eigenvalue weighted by Gasteiger charge is 2.22. The summed E-state index contributed by atoms with van der Waals surface area (Å²) >= 11 is 1.50. The standard InChI is InChI=1S/C18H18FN3O4S/c1-27-9-8-16(18(24)20-14-6-3-5-13(19)11-14)21-17(23)12-4-2-7-15(10-12)22(25)26/h2-7,10-11,16H,8-9H2,1H3,(H,20,24)(H,21,23)/t16-/m0/s1. The maximum Gasteiger partial charge on any atom is 0.270 e. The Kier molecular flexibility index (Phi) is 7.30. The van der Waals surface area contributed by atoms with Gasteiger partial charge in [-0.1, -0.05) is 12.1 Å². The van der Waals surface area contributed by atoms with Crippen molar-refractivity contribution in [1.82, 2.24) is 5.32 Å². The highest BCUT2D eigenvalue weighted by atomic mass is 32.2. The average molecular weight is 391 g/mol. The van der Waals surface area contributed by atoms with Gasteiger partial charge in [0.2, 0.25) is 5.91 Å². The molecule has 2 rings (SSSR count). The van der Waals surface area contributed by atoms with Crippen molar-refractivity contribution in [3.05, 3.63) is 70.0 Å². The lowest BCUT2D eigenvalue weighted by Gasteiger charge is -2.18. The molecular formula is C18H18FN3O4S. The van der Waals surface area contributed by atoms with E-state index in [1.807, 2.05) is 6.26 Å². The first-order valence-electron chi connectivity index (χ1n) is 8.01. The van der Waals surface area contributed by atoms with Gasteiger partial charge < -0.3 is 10.6 Å². The minimum absolute atomic E-state index is 0.0805. The van der Waals surface area contributed by atoms with Gasteiger partial charge in [-0.15, -0.1) is 0 Å². The number of benzene rings is 2. The molecule has 0 spiro atoms. The molecule has 2 N–H and O–H groups in total. The second kappa shape index (κ2) is 9.67. The Balaban J connectivity index is 2.13. The van der Waals surface area contributed by atoms with Crippen LogP contribution in [0.5, 0.6) is 0 Å². The van der Waals surface area contributed by atoms with Crippen LogP contribution in [0, 0.1) is 15.9 Å². The normalized spacial score (nSPS) is 11.5. The second-order valence-corrected chi connectivity index (χ2v) is 6.60. The summed E-state index contributed by atoms with van der Waals surface area (Å²) in [5, 5.41) is 16.0. The quantitative estimate of drug-likeness (QED) is 0.531. The fourth-order valence-corrected chi connectivity index (χ4v) is 2.77. The molecule has 7 nitrogen and oxygen atoms in total. The molecule has 0 saturated heterocycles. The number of thioether (sulfide) groups is 1. The fraction of sp³-hybridized carbons (Fsp3) is 0.222. The summed E-state index contributed by atoms with van der Waals surface area (Å²) in [4.78, 5) is 35.2. The number of nitro benzene ring substituents is 1. The van der Waals surface area contributed by atoms with Crippen LogP contribution in [-0.4, -0.2) is 34.8 Å². The smallest absolute Gasteiger partial charge is 0.270 e. The van der Waals surface area contributed by atoms with Crippen LogP contribution in [-0.2, 0) is 4.79 Å². The topological polar surface area (TPSA) is 101 Å². The molecule has 2 aromatic carbocycles. The van der Waals surface area contributed by atoms with Gasteiger partial charge in [0.1, 0.15) is 11.9 Å². The molecule has 2 amide bonds. The summed E-state index contributed by atoms with van der Waals surface area (Å²) in [6.45, 7) is 0. The number of hydrogen-bond donors (Lipinski definition) is 2. The van der Waals surface area contributed by atoms with Crippen molar-refractivity contribution in [2.75, 3.05) is 17.3 Å². The highest BCUT2D eigenvalue weighted by molar-refractivity contribution is 7.98. The number of nitrogens with zero attached hydrogens (tertiary/aromatic N) is 1. The Morgan fingerprint density at radius 3 is 2.63 bits per heavy atom. The molecule has 0 saturated carbocycles. The Hall–Kier alpha value is -2.94. The van der Waals surface area contributed by atoms with Crippen LogP contribution in [0.1, 0.15) is 16.8 Å². The molecule has 0 unspecified atom stereocenters. The number of carbonyl (C=O) groups excluding carboxylic acids is 2. The lowest BCUT2D eigenvalue weighted by atomic mass is 10.1. The largest absolute Gasteiger partial charge is 0.340 e. The molecule has 9 heteroatoms. The van der Waals surface area contributed by atoms with Crippen molar-refractivity contribution in [3.63, 3.8) is 0 Å². The number of anilines is 1. The molecule has 0 aliphatic carbocycles. The van der Waals surface area contributed by atoms with E-state index in [9.17, 15) is 24.1 Å². The molecule has 2 aromatic rings. The molecule has 0 aliphatic rings. The van der Waals surface area contributed by atoms with E-state index in [0.717, 1.165) is 6.07 Å². The number of halogens is 1. The summed E-state index contributed by atoms with van der Waals surface area (Å²) in [6, 6.07) is 9.81. The third-order valence-corrected chi connectivity index (χ3v) is 4.29. The van der Waals surface area contributed by atoms with Gasteiger partial charge in [-0.05, 0) is 42.7 Å². The number of carbonyl (C=O) groups is 2. The first kappa shape index (κ1) is 20.4. The first-order chi connectivity index (χ1) is 12.9. The highest BCUT2D eigenvalue weighted by Crippen LogP contribution is 2.14. The maximum atomic E-state index is 13.3. The Bertz CT molecular complexity index is 847. The molecular weight excluding hydrogens is 373 g/mol. The van der Waals surface area contributed by atoms with Crippen molar-refractivity contribution in [2.45, 2.75) is 12.5 Å². The van der Waals surface area contributed by atoms with Crippen LogP contribution in [0.2, 0.25) is 0 Å². The molecule has 0 fully saturated rings. The molecule has 0 heterocycles. The lowest BCUT2D eigenvalue weighted by Crippen LogP contribution is -2.44. The van der Waals surface area contributed by atoms with Crippen LogP contribution >= 0.6 is 11.8 Å². The molecule has 0 aromatic heterocycles. The summed E-state index contributed by atoms with van der Waals surface area (Å²) in [7, 11) is 0. The number of non-ortho nitro benzene ring substituents is 1. The van der Waals surface area contributed by atoms with Gasteiger partial charge in [-0.25, -0.2) is 4.39 Å². The van der Waals surface area contributed by atoms with Gasteiger partial charge in [0.15, 0.2) is 0 Å². The molecule has 142 valence electrons. The van der Waals surface area contributed by atoms with Gasteiger partial charge in [-0.3, -0.25) is 19.7 Å². The van der Waals surface area contributed by atoms with E-state index >= 15 is 0 Å². The molecule has 0 radical (unpaired) electrons. The second-order valence-electron chi connectivity index (χ2n) is 5.61. The fourth-order valence-electron chi connectivity index (χ4n) is 2.30. The number of nitro groups is 1. The predicted octanol–water partition coefficient (Wildman–Crippen LogP) is 3.22. The maximum absolute atomic E-state index is 13.3. The van der Waals surface area contributed by atoms with Crippen LogP contribution in [0.4, 0.5) is 15.8 Å². The van der Waals surface area contributed by atoms with E-state index in [-0.39, 0.29) is 16.9 Å². The van der Waals surface area contributed by atoms with Crippen LogP contribution < -0.4 is 10.6 Å². The number of amides is 2. The molecule has 27 heavy (non-hydrogen) atoms. The molecule has 0 bridgehead atoms. The van der Waals surface area contributed by atoms with Crippen molar-refractivity contribution in [1.29, 1.82) is 0 Å². The van der Waals surface area contributed by atoms with Gasteiger partial charge in [0, 0.05) is 23.4 Å². The zero-order chi connectivity index (χ0) is 19.8. The zero-order valence-corrected chi connectivity index (χ0v) is 15.3. The van der Waals surface area contributed by atoms with Gasteiger partial charge in [0.25, 0.3) is 11.6 Å². The van der Waals surface area contributed by atoms with Gasteiger partial charge in [0.05, 0.1) is 4.92 Å². The van der Waals surface area contributed by atoms with Gasteiger partial charge in [-0.2, -0.15) is 11.8 Å². The summed E-state index contributed by atoms with van der Waals surface area (Å²) in [5.74, 6) is -0.974. The van der Waals surface area contributed by atoms with Crippen LogP contribution in [0.3, 0.4) is 0 Å². The Morgan fingerprint density at radius 1 is 1.22 bits per heavy atom. The minimum atomic E-state index is -0.868. The average Bonchev–Trinajstić information content (AvgIpc) is 2.65. The third kappa shape index (κ3) is 6.07. The molecule has 1 atom stereocenters. The Morgan fingerprint density at radius 2 is 1.96 bits per heavy atom. The first-order valence-corrected chi connectivity index (χ1v) is 9.41. The Labute approximate surface area is 159 Å². The minimum Gasteiger partial charge on any atom is -0.340 e. The summed E-state index contributed by atoms with van der Waals surface area (Å²) < 4.78 is 13.3. The lowest BCUT2D eigenvalue weighted by molar-refractivity contribution is -0.384. The zero-order valence-electron chi connectivity index (χ0n) is 14.5. The van der Waals surface area contributed by atoms with Crippen molar-refractivity contribution >= 4 is 35.0 Å². The van der Waals surface area contributed by atoms with E-state index in [1.54, 1.807) is 0 Å². The van der Waals surface area contributed by atoms with Crippen molar-refractivity contribution < 1.29 is 18.9 Å². The van der Waals surface area contributed by atoms with Crippen LogP contribution in [0.25, 0.3) is 0 Å². The van der Waals surface area contributed by atoms with Crippen LogP contribution in [0.15, 0.2) is 48.5 Å². The van der Waals surface area contributed by atoms with E-state index < -0.39 is 28.6 Å². The number of rotatable bonds is 8. The van der Waals surface area contributed by atoms with E-state index in [2.05, 4.69) is 10.6 Å². The monoisotopic (exact) mass is 391 g/mol. The van der Waals surface area contributed by atoms with E-state index in [1.165, 1.54) is 54.2 Å². The number of nitrogens with one attached hydrogen (secondary N) is 2. The molecule has 0 aliphatic heterocycles. The van der Waals surface area contributed by atoms with Gasteiger partial charge >= 0.3 is 0 Å². The summed E-state index contributed by atoms with van der Waals surface area (Å²) in [6.07, 6.45) is 2.22. The van der Waals surface area contributed by atoms with E-state index in [4.69, 9.17) is 0 Å². The van der Waals surface area contributed by atoms with E-state index in [0.29, 0.717) is 12.2 Å². The van der Waals surface area contributed by atoms with Crippen molar-refractivity contribution in [2.24, 2.45) is 0 Å². The SMILES string of the molecule is CSCC[C@H](NC(=O)c1cccc([N+](=O)[O-])c1)C(=O)Nc1cccc(F)c1. The summed E-state index contributed by atoms with van der Waals surface area (Å²) in [5.41, 5.74) is 0.142.